The Morgan fingerprint density at radius 1 is 1.44 bits per heavy atom. The van der Waals surface area contributed by atoms with Crippen LogP contribution in [-0.2, 0) is 10.0 Å². The minimum absolute atomic E-state index is 0.0469. The normalized spacial score (nSPS) is 18.3. The van der Waals surface area contributed by atoms with Crippen LogP contribution in [-0.4, -0.2) is 25.7 Å². The van der Waals surface area contributed by atoms with E-state index in [2.05, 4.69) is 20.7 Å². The summed E-state index contributed by atoms with van der Waals surface area (Å²) in [6.45, 7) is 0.0469. The smallest absolute Gasteiger partial charge is 0.240 e. The summed E-state index contributed by atoms with van der Waals surface area (Å²) in [5, 5.41) is 9.86. The van der Waals surface area contributed by atoms with Crippen LogP contribution < -0.4 is 10.5 Å². The summed E-state index contributed by atoms with van der Waals surface area (Å²) in [5.74, 6) is 0. The Bertz CT molecular complexity index is 555. The van der Waals surface area contributed by atoms with Crippen LogP contribution in [0.2, 0.25) is 0 Å². The van der Waals surface area contributed by atoms with E-state index >= 15 is 0 Å². The molecule has 0 spiro atoms. The predicted molar refractivity (Wildman–Crippen MR) is 72.5 cm³/mol. The molecule has 1 aliphatic rings. The van der Waals surface area contributed by atoms with Gasteiger partial charge in [0.2, 0.25) is 10.0 Å². The van der Waals surface area contributed by atoms with Crippen molar-refractivity contribution >= 4 is 31.6 Å². The van der Waals surface area contributed by atoms with E-state index in [-0.39, 0.29) is 11.4 Å². The number of nitrogens with one attached hydrogen (secondary N) is 1. The lowest BCUT2D eigenvalue weighted by Gasteiger charge is -2.36. The largest absolute Gasteiger partial charge is 0.398 e. The Morgan fingerprint density at radius 2 is 2.11 bits per heavy atom. The maximum atomic E-state index is 12.0. The fourth-order valence-corrected chi connectivity index (χ4v) is 3.16. The van der Waals surface area contributed by atoms with Crippen LogP contribution in [0.5, 0.6) is 0 Å². The van der Waals surface area contributed by atoms with E-state index in [0.717, 1.165) is 6.42 Å². The highest BCUT2D eigenvalue weighted by Gasteiger charge is 2.35. The Labute approximate surface area is 115 Å². The van der Waals surface area contributed by atoms with Crippen molar-refractivity contribution in [1.82, 2.24) is 4.72 Å². The van der Waals surface area contributed by atoms with Crippen LogP contribution in [0.3, 0.4) is 0 Å². The van der Waals surface area contributed by atoms with Crippen molar-refractivity contribution in [3.8, 4) is 0 Å². The summed E-state index contributed by atoms with van der Waals surface area (Å²) in [6.07, 6.45) is 2.21. The molecule has 1 aromatic rings. The lowest BCUT2D eigenvalue weighted by Crippen LogP contribution is -2.47. The van der Waals surface area contributed by atoms with Crippen LogP contribution >= 0.6 is 15.9 Å². The molecular weight excluding hydrogens is 320 g/mol. The summed E-state index contributed by atoms with van der Waals surface area (Å²) < 4.78 is 27.0. The quantitative estimate of drug-likeness (QED) is 0.722. The molecule has 0 heterocycles. The number of rotatable bonds is 4. The highest BCUT2D eigenvalue weighted by Crippen LogP contribution is 2.31. The van der Waals surface area contributed by atoms with Gasteiger partial charge in [-0.25, -0.2) is 13.1 Å². The number of nitrogens with two attached hydrogens (primary N) is 1. The zero-order valence-corrected chi connectivity index (χ0v) is 12.1. The van der Waals surface area contributed by atoms with Crippen molar-refractivity contribution in [2.45, 2.75) is 29.8 Å². The molecule has 2 rings (SSSR count). The summed E-state index contributed by atoms with van der Waals surface area (Å²) in [6, 6.07) is 4.44. The molecule has 0 aliphatic heterocycles. The second kappa shape index (κ2) is 4.80. The van der Waals surface area contributed by atoms with Gasteiger partial charge in [-0.2, -0.15) is 0 Å². The third-order valence-electron chi connectivity index (χ3n) is 3.15. The second-order valence-corrected chi connectivity index (χ2v) is 7.21. The third kappa shape index (κ3) is 2.85. The Hall–Kier alpha value is -0.630. The number of hydrogen-bond donors (Lipinski definition) is 3. The van der Waals surface area contributed by atoms with Crippen LogP contribution in [0.15, 0.2) is 27.6 Å². The van der Waals surface area contributed by atoms with Gasteiger partial charge in [0.25, 0.3) is 0 Å². The fraction of sp³-hybridized carbons (Fsp3) is 0.455. The lowest BCUT2D eigenvalue weighted by atomic mass is 9.81. The van der Waals surface area contributed by atoms with Crippen molar-refractivity contribution in [1.29, 1.82) is 0 Å². The molecular formula is C11H15BrN2O3S. The van der Waals surface area contributed by atoms with Crippen molar-refractivity contribution in [3.63, 3.8) is 0 Å². The molecule has 0 saturated heterocycles. The number of hydrogen-bond acceptors (Lipinski definition) is 4. The summed E-state index contributed by atoms with van der Waals surface area (Å²) >= 11 is 3.21. The van der Waals surface area contributed by atoms with E-state index in [1.54, 1.807) is 6.07 Å². The number of sulfonamides is 1. The minimum atomic E-state index is -3.62. The molecule has 1 aliphatic carbocycles. The monoisotopic (exact) mass is 334 g/mol. The van der Waals surface area contributed by atoms with Crippen molar-refractivity contribution in [2.24, 2.45) is 0 Å². The summed E-state index contributed by atoms with van der Waals surface area (Å²) in [4.78, 5) is 0.103. The van der Waals surface area contributed by atoms with E-state index < -0.39 is 15.6 Å². The van der Waals surface area contributed by atoms with Crippen molar-refractivity contribution in [3.05, 3.63) is 22.7 Å². The van der Waals surface area contributed by atoms with Gasteiger partial charge in [-0.15, -0.1) is 0 Å². The van der Waals surface area contributed by atoms with Gasteiger partial charge in [-0.1, -0.05) is 0 Å². The highest BCUT2D eigenvalue weighted by atomic mass is 79.9. The number of anilines is 1. The van der Waals surface area contributed by atoms with E-state index in [1.165, 1.54) is 12.1 Å². The molecule has 7 heteroatoms. The Balaban J connectivity index is 2.12. The lowest BCUT2D eigenvalue weighted by molar-refractivity contribution is -0.0270. The second-order valence-electron chi connectivity index (χ2n) is 4.59. The van der Waals surface area contributed by atoms with E-state index in [9.17, 15) is 13.5 Å². The van der Waals surface area contributed by atoms with Gasteiger partial charge in [-0.3, -0.25) is 0 Å². The molecule has 100 valence electrons. The molecule has 1 fully saturated rings. The van der Waals surface area contributed by atoms with Crippen molar-refractivity contribution in [2.75, 3.05) is 12.3 Å². The number of nitrogen functional groups attached to an aromatic ring is 1. The van der Waals surface area contributed by atoms with Crippen LogP contribution in [0.1, 0.15) is 19.3 Å². The molecule has 0 unspecified atom stereocenters. The van der Waals surface area contributed by atoms with E-state index in [1.807, 2.05) is 0 Å². The Kier molecular flexibility index (Phi) is 3.68. The molecule has 1 aromatic carbocycles. The van der Waals surface area contributed by atoms with Gasteiger partial charge < -0.3 is 10.8 Å². The zero-order chi connectivity index (χ0) is 13.4. The minimum Gasteiger partial charge on any atom is -0.398 e. The van der Waals surface area contributed by atoms with Gasteiger partial charge in [0.15, 0.2) is 0 Å². The molecule has 0 bridgehead atoms. The van der Waals surface area contributed by atoms with Gasteiger partial charge in [0.05, 0.1) is 10.5 Å². The van der Waals surface area contributed by atoms with Crippen LogP contribution in [0, 0.1) is 0 Å². The fourth-order valence-electron chi connectivity index (χ4n) is 1.76. The highest BCUT2D eigenvalue weighted by molar-refractivity contribution is 9.10. The average Bonchev–Trinajstić information content (AvgIpc) is 2.27. The first kappa shape index (κ1) is 13.8. The maximum Gasteiger partial charge on any atom is 0.240 e. The molecule has 4 N–H and O–H groups in total. The maximum absolute atomic E-state index is 12.0. The first-order chi connectivity index (χ1) is 8.32. The molecule has 0 atom stereocenters. The average molecular weight is 335 g/mol. The third-order valence-corrected chi connectivity index (χ3v) is 5.27. The van der Waals surface area contributed by atoms with Crippen molar-refractivity contribution < 1.29 is 13.5 Å². The molecule has 18 heavy (non-hydrogen) atoms. The summed E-state index contributed by atoms with van der Waals surface area (Å²) in [7, 11) is -3.62. The zero-order valence-electron chi connectivity index (χ0n) is 9.69. The van der Waals surface area contributed by atoms with E-state index in [4.69, 9.17) is 5.73 Å². The molecule has 5 nitrogen and oxygen atoms in total. The first-order valence-electron chi connectivity index (χ1n) is 5.60. The topological polar surface area (TPSA) is 92.4 Å². The van der Waals surface area contributed by atoms with Gasteiger partial charge in [0, 0.05) is 16.7 Å². The molecule has 0 aromatic heterocycles. The van der Waals surface area contributed by atoms with E-state index in [0.29, 0.717) is 23.0 Å². The predicted octanol–water partition coefficient (Wildman–Crippen LogP) is 1.22. The van der Waals surface area contributed by atoms with Crippen LogP contribution in [0.4, 0.5) is 5.69 Å². The number of aliphatic hydroxyl groups is 1. The summed E-state index contributed by atoms with van der Waals surface area (Å²) in [5.41, 5.74) is 5.13. The Morgan fingerprint density at radius 3 is 2.61 bits per heavy atom. The first-order valence-corrected chi connectivity index (χ1v) is 7.87. The number of benzene rings is 1. The van der Waals surface area contributed by atoms with Gasteiger partial charge in [0.1, 0.15) is 0 Å². The molecule has 1 saturated carbocycles. The SMILES string of the molecule is Nc1cc(S(=O)(=O)NCC2(O)CCC2)ccc1Br. The standard InChI is InChI=1S/C11H15BrN2O3S/c12-9-3-2-8(6-10(9)13)18(16,17)14-7-11(15)4-1-5-11/h2-3,6,14-15H,1,4-5,7,13H2. The number of halogens is 1. The molecule has 0 radical (unpaired) electrons. The van der Waals surface area contributed by atoms with Gasteiger partial charge in [-0.05, 0) is 53.4 Å². The van der Waals surface area contributed by atoms with Gasteiger partial charge >= 0.3 is 0 Å². The van der Waals surface area contributed by atoms with Crippen LogP contribution in [0.25, 0.3) is 0 Å². The molecule has 0 amide bonds.